The Morgan fingerprint density at radius 3 is 2.59 bits per heavy atom. The maximum atomic E-state index is 13.3. The molecule has 0 bridgehead atoms. The van der Waals surface area contributed by atoms with Gasteiger partial charge in [-0.15, -0.1) is 0 Å². The Morgan fingerprint density at radius 2 is 1.91 bits per heavy atom. The third-order valence-corrected chi connectivity index (χ3v) is 5.19. The summed E-state index contributed by atoms with van der Waals surface area (Å²) in [7, 11) is 0. The third kappa shape index (κ3) is 3.31. The van der Waals surface area contributed by atoms with Crippen molar-refractivity contribution in [3.05, 3.63) is 66.2 Å². The zero-order chi connectivity index (χ0) is 22.5. The van der Waals surface area contributed by atoms with Crippen LogP contribution in [0.25, 0.3) is 22.8 Å². The van der Waals surface area contributed by atoms with Gasteiger partial charge in [-0.3, -0.25) is 14.5 Å². The lowest BCUT2D eigenvalue weighted by atomic mass is 10.1. The minimum atomic E-state index is -4.45. The standard InChI is InChI=1S/C21H15F3N6O2/c1-12-11-29(15-6-4-14(5-7-15)21(22,23)24)20(31)17-16(10-26-30(12)17)19-27-18(28-32-19)13-3-2-8-25-9-13/h2-10,12H,11H2,1H3/t12-/m0/s1. The normalized spacial score (nSPS) is 16.3. The van der Waals surface area contributed by atoms with Gasteiger partial charge in [0.25, 0.3) is 11.8 Å². The molecule has 0 N–H and O–H groups in total. The minimum Gasteiger partial charge on any atom is -0.333 e. The van der Waals surface area contributed by atoms with E-state index in [1.54, 1.807) is 29.2 Å². The van der Waals surface area contributed by atoms with E-state index in [1.165, 1.54) is 23.2 Å². The fraction of sp³-hybridized carbons (Fsp3) is 0.190. The van der Waals surface area contributed by atoms with Crippen molar-refractivity contribution in [2.75, 3.05) is 11.4 Å². The summed E-state index contributed by atoms with van der Waals surface area (Å²) in [5, 5.41) is 8.25. The van der Waals surface area contributed by atoms with Crippen LogP contribution in [0, 0.1) is 0 Å². The average molecular weight is 440 g/mol. The van der Waals surface area contributed by atoms with Crippen LogP contribution in [-0.2, 0) is 6.18 Å². The summed E-state index contributed by atoms with van der Waals surface area (Å²) in [4.78, 5) is 23.1. The topological polar surface area (TPSA) is 89.9 Å². The SMILES string of the molecule is C[C@H]1CN(c2ccc(C(F)(F)F)cc2)C(=O)c2c(-c3nc(-c4cccnc4)no3)cnn21. The largest absolute Gasteiger partial charge is 0.416 e. The molecule has 1 amide bonds. The summed E-state index contributed by atoms with van der Waals surface area (Å²) in [6, 6.07) is 7.77. The number of benzene rings is 1. The monoisotopic (exact) mass is 440 g/mol. The lowest BCUT2D eigenvalue weighted by Gasteiger charge is -2.32. The van der Waals surface area contributed by atoms with Crippen molar-refractivity contribution in [2.45, 2.75) is 19.1 Å². The second kappa shape index (κ2) is 7.29. The summed E-state index contributed by atoms with van der Waals surface area (Å²) in [5.74, 6) is 0.000335. The molecule has 0 fully saturated rings. The molecule has 0 radical (unpaired) electrons. The van der Waals surface area contributed by atoms with Crippen molar-refractivity contribution >= 4 is 11.6 Å². The van der Waals surface area contributed by atoms with Crippen molar-refractivity contribution in [3.8, 4) is 22.8 Å². The van der Waals surface area contributed by atoms with E-state index in [4.69, 9.17) is 4.52 Å². The van der Waals surface area contributed by atoms with Crippen molar-refractivity contribution in [1.29, 1.82) is 0 Å². The number of halogens is 3. The molecule has 1 aliphatic heterocycles. The van der Waals surface area contributed by atoms with E-state index in [2.05, 4.69) is 20.2 Å². The number of carbonyl (C=O) groups is 1. The summed E-state index contributed by atoms with van der Waals surface area (Å²) < 4.78 is 45.6. The number of hydrogen-bond acceptors (Lipinski definition) is 6. The molecule has 162 valence electrons. The van der Waals surface area contributed by atoms with Crippen LogP contribution >= 0.6 is 0 Å². The number of alkyl halides is 3. The second-order valence-corrected chi connectivity index (χ2v) is 7.33. The van der Waals surface area contributed by atoms with Gasteiger partial charge in [-0.2, -0.15) is 23.3 Å². The van der Waals surface area contributed by atoms with Crippen molar-refractivity contribution in [3.63, 3.8) is 0 Å². The van der Waals surface area contributed by atoms with Gasteiger partial charge in [0.1, 0.15) is 5.69 Å². The van der Waals surface area contributed by atoms with Crippen LogP contribution in [0.2, 0.25) is 0 Å². The number of carbonyl (C=O) groups excluding carboxylic acids is 1. The molecule has 3 aromatic heterocycles. The van der Waals surface area contributed by atoms with E-state index in [-0.39, 0.29) is 24.2 Å². The Kier molecular flexibility index (Phi) is 4.54. The van der Waals surface area contributed by atoms with Crippen LogP contribution < -0.4 is 4.90 Å². The van der Waals surface area contributed by atoms with Gasteiger partial charge >= 0.3 is 6.18 Å². The number of hydrogen-bond donors (Lipinski definition) is 0. The first-order valence-electron chi connectivity index (χ1n) is 9.64. The maximum Gasteiger partial charge on any atom is 0.416 e. The van der Waals surface area contributed by atoms with Crippen LogP contribution in [0.3, 0.4) is 0 Å². The Bertz CT molecular complexity index is 1280. The van der Waals surface area contributed by atoms with Crippen molar-refractivity contribution in [2.24, 2.45) is 0 Å². The first kappa shape index (κ1) is 19.9. The van der Waals surface area contributed by atoms with Crippen LogP contribution in [0.4, 0.5) is 18.9 Å². The first-order chi connectivity index (χ1) is 15.3. The number of pyridine rings is 1. The molecule has 32 heavy (non-hydrogen) atoms. The molecule has 0 spiro atoms. The predicted molar refractivity (Wildman–Crippen MR) is 107 cm³/mol. The molecule has 4 heterocycles. The van der Waals surface area contributed by atoms with E-state index in [9.17, 15) is 18.0 Å². The summed E-state index contributed by atoms with van der Waals surface area (Å²) in [6.07, 6.45) is 0.226. The first-order valence-corrected chi connectivity index (χ1v) is 9.64. The molecule has 11 heteroatoms. The third-order valence-electron chi connectivity index (χ3n) is 5.19. The van der Waals surface area contributed by atoms with E-state index >= 15 is 0 Å². The molecule has 0 aliphatic carbocycles. The molecule has 4 aromatic rings. The minimum absolute atomic E-state index is 0.111. The Labute approximate surface area is 179 Å². The van der Waals surface area contributed by atoms with Gasteiger partial charge in [-0.1, -0.05) is 5.16 Å². The fourth-order valence-electron chi connectivity index (χ4n) is 3.62. The van der Waals surface area contributed by atoms with Crippen LogP contribution in [0.1, 0.15) is 29.0 Å². The zero-order valence-electron chi connectivity index (χ0n) is 16.6. The molecule has 5 rings (SSSR count). The van der Waals surface area contributed by atoms with E-state index in [1.807, 2.05) is 6.92 Å². The van der Waals surface area contributed by atoms with E-state index in [0.29, 0.717) is 22.6 Å². The van der Waals surface area contributed by atoms with Gasteiger partial charge in [0.2, 0.25) is 5.82 Å². The van der Waals surface area contributed by atoms with E-state index < -0.39 is 17.6 Å². The highest BCUT2D eigenvalue weighted by atomic mass is 19.4. The highest BCUT2D eigenvalue weighted by molar-refractivity contribution is 6.09. The Morgan fingerprint density at radius 1 is 1.12 bits per heavy atom. The highest BCUT2D eigenvalue weighted by Crippen LogP contribution is 2.34. The Balaban J connectivity index is 1.51. The average Bonchev–Trinajstić information content (AvgIpc) is 3.44. The fourth-order valence-corrected chi connectivity index (χ4v) is 3.62. The van der Waals surface area contributed by atoms with Crippen LogP contribution in [0.5, 0.6) is 0 Å². The molecule has 1 aromatic carbocycles. The Hall–Kier alpha value is -4.02. The number of nitrogens with zero attached hydrogens (tertiary/aromatic N) is 6. The van der Waals surface area contributed by atoms with Gasteiger partial charge in [0, 0.05) is 30.2 Å². The molecule has 0 unspecified atom stereocenters. The number of anilines is 1. The quantitative estimate of drug-likeness (QED) is 0.474. The van der Waals surface area contributed by atoms with Crippen molar-refractivity contribution < 1.29 is 22.5 Å². The van der Waals surface area contributed by atoms with Gasteiger partial charge < -0.3 is 9.42 Å². The number of rotatable bonds is 3. The van der Waals surface area contributed by atoms with Crippen LogP contribution in [-0.4, -0.2) is 37.4 Å². The summed E-state index contributed by atoms with van der Waals surface area (Å²) in [6.45, 7) is 2.11. The number of fused-ring (bicyclic) bond motifs is 1. The smallest absolute Gasteiger partial charge is 0.333 e. The summed E-state index contributed by atoms with van der Waals surface area (Å²) >= 11 is 0. The van der Waals surface area contributed by atoms with Gasteiger partial charge in [-0.25, -0.2) is 0 Å². The molecular formula is C21H15F3N6O2. The van der Waals surface area contributed by atoms with E-state index in [0.717, 1.165) is 12.1 Å². The lowest BCUT2D eigenvalue weighted by molar-refractivity contribution is -0.137. The number of amides is 1. The molecular weight excluding hydrogens is 425 g/mol. The van der Waals surface area contributed by atoms with Gasteiger partial charge in [0.15, 0.2) is 0 Å². The highest BCUT2D eigenvalue weighted by Gasteiger charge is 2.36. The zero-order valence-corrected chi connectivity index (χ0v) is 16.6. The van der Waals surface area contributed by atoms with Gasteiger partial charge in [0.05, 0.1) is 23.4 Å². The van der Waals surface area contributed by atoms with Crippen LogP contribution in [0.15, 0.2) is 59.5 Å². The number of aromatic nitrogens is 5. The molecule has 1 atom stereocenters. The predicted octanol–water partition coefficient (Wildman–Crippen LogP) is 4.24. The summed E-state index contributed by atoms with van der Waals surface area (Å²) in [5.41, 5.74) is 0.800. The van der Waals surface area contributed by atoms with Crippen molar-refractivity contribution in [1.82, 2.24) is 24.9 Å². The lowest BCUT2D eigenvalue weighted by Crippen LogP contribution is -2.42. The molecule has 0 saturated heterocycles. The molecule has 8 nitrogen and oxygen atoms in total. The second-order valence-electron chi connectivity index (χ2n) is 7.33. The molecule has 0 saturated carbocycles. The molecule has 1 aliphatic rings. The maximum absolute atomic E-state index is 13.3. The van der Waals surface area contributed by atoms with Gasteiger partial charge in [-0.05, 0) is 43.3 Å².